The summed E-state index contributed by atoms with van der Waals surface area (Å²) in [5.41, 5.74) is 0.342. The zero-order chi connectivity index (χ0) is 12.3. The van der Waals surface area contributed by atoms with Gasteiger partial charge in [-0.1, -0.05) is 28.4 Å². The van der Waals surface area contributed by atoms with Gasteiger partial charge < -0.3 is 9.84 Å². The molecule has 2 aromatic heterocycles. The Bertz CT molecular complexity index is 508. The van der Waals surface area contributed by atoms with Gasteiger partial charge in [-0.3, -0.25) is 4.79 Å². The van der Waals surface area contributed by atoms with Crippen LogP contribution in [0.2, 0.25) is 10.3 Å². The largest absolute Gasteiger partial charge is 0.360 e. The van der Waals surface area contributed by atoms with Gasteiger partial charge in [-0.15, -0.1) is 0 Å². The highest BCUT2D eigenvalue weighted by Gasteiger charge is 2.09. The molecule has 0 spiro atoms. The monoisotopic (exact) mass is 271 g/mol. The quantitative estimate of drug-likeness (QED) is 0.870. The van der Waals surface area contributed by atoms with Crippen molar-refractivity contribution in [1.29, 1.82) is 0 Å². The van der Waals surface area contributed by atoms with E-state index in [1.807, 2.05) is 0 Å². The lowest BCUT2D eigenvalue weighted by atomic mass is 10.2. The number of nitrogens with one attached hydrogen (secondary N) is 1. The highest BCUT2D eigenvalue weighted by molar-refractivity contribution is 6.33. The third kappa shape index (κ3) is 3.18. The van der Waals surface area contributed by atoms with E-state index < -0.39 is 0 Å². The second kappa shape index (κ2) is 5.16. The molecule has 2 rings (SSSR count). The van der Waals surface area contributed by atoms with Crippen LogP contribution < -0.4 is 5.32 Å². The number of halogens is 2. The van der Waals surface area contributed by atoms with Gasteiger partial charge in [-0.2, -0.15) is 0 Å². The fourth-order valence-corrected chi connectivity index (χ4v) is 1.66. The van der Waals surface area contributed by atoms with Gasteiger partial charge in [0.05, 0.1) is 12.7 Å². The van der Waals surface area contributed by atoms with Gasteiger partial charge in [0.15, 0.2) is 5.76 Å². The van der Waals surface area contributed by atoms with Crippen LogP contribution in [0.25, 0.3) is 0 Å². The molecule has 0 aromatic carbocycles. The molecule has 0 atom stereocenters. The number of carbonyl (C=O) groups is 1. The van der Waals surface area contributed by atoms with E-state index in [0.29, 0.717) is 11.3 Å². The molecular formula is C10H7Cl2N3O2. The van der Waals surface area contributed by atoms with Crippen LogP contribution >= 0.6 is 23.2 Å². The fourth-order valence-electron chi connectivity index (χ4n) is 1.20. The highest BCUT2D eigenvalue weighted by atomic mass is 35.5. The topological polar surface area (TPSA) is 68.0 Å². The lowest BCUT2D eigenvalue weighted by Crippen LogP contribution is -2.22. The number of pyridine rings is 1. The van der Waals surface area contributed by atoms with Crippen molar-refractivity contribution in [1.82, 2.24) is 15.5 Å². The Balaban J connectivity index is 2.04. The van der Waals surface area contributed by atoms with E-state index in [4.69, 9.17) is 27.7 Å². The molecule has 7 heteroatoms. The van der Waals surface area contributed by atoms with E-state index in [9.17, 15) is 4.79 Å². The van der Waals surface area contributed by atoms with Gasteiger partial charge in [-0.05, 0) is 12.1 Å². The number of hydrogen-bond acceptors (Lipinski definition) is 4. The molecule has 2 heterocycles. The van der Waals surface area contributed by atoms with E-state index in [0.717, 1.165) is 0 Å². The van der Waals surface area contributed by atoms with Gasteiger partial charge in [0.2, 0.25) is 0 Å². The Morgan fingerprint density at radius 3 is 2.65 bits per heavy atom. The summed E-state index contributed by atoms with van der Waals surface area (Å²) in [5.74, 6) is 0.247. The molecule has 0 aliphatic carbocycles. The smallest absolute Gasteiger partial charge is 0.251 e. The molecule has 0 aliphatic rings. The van der Waals surface area contributed by atoms with Crippen LogP contribution in [-0.2, 0) is 6.54 Å². The molecule has 0 unspecified atom stereocenters. The highest BCUT2D eigenvalue weighted by Crippen LogP contribution is 2.14. The van der Waals surface area contributed by atoms with E-state index in [-0.39, 0.29) is 22.8 Å². The molecule has 0 saturated heterocycles. The average molecular weight is 272 g/mol. The first-order valence-electron chi connectivity index (χ1n) is 4.66. The fraction of sp³-hybridized carbons (Fsp3) is 0.100. The molecule has 0 radical (unpaired) electrons. The summed E-state index contributed by atoms with van der Waals surface area (Å²) < 4.78 is 4.84. The van der Waals surface area contributed by atoms with E-state index in [2.05, 4.69) is 15.5 Å². The van der Waals surface area contributed by atoms with Crippen LogP contribution in [0.5, 0.6) is 0 Å². The minimum atomic E-state index is -0.312. The number of nitrogens with zero attached hydrogens (tertiary/aromatic N) is 2. The SMILES string of the molecule is O=C(NCc1ccno1)c1cc(Cl)nc(Cl)c1. The Morgan fingerprint density at radius 2 is 2.06 bits per heavy atom. The minimum Gasteiger partial charge on any atom is -0.360 e. The molecule has 88 valence electrons. The van der Waals surface area contributed by atoms with Gasteiger partial charge in [-0.25, -0.2) is 4.98 Å². The summed E-state index contributed by atoms with van der Waals surface area (Å²) in [4.78, 5) is 15.5. The molecule has 1 amide bonds. The summed E-state index contributed by atoms with van der Waals surface area (Å²) in [7, 11) is 0. The van der Waals surface area contributed by atoms with Crippen molar-refractivity contribution in [2.24, 2.45) is 0 Å². The summed E-state index contributed by atoms with van der Waals surface area (Å²) >= 11 is 11.4. The standard InChI is InChI=1S/C10H7Cl2N3O2/c11-8-3-6(4-9(12)15-8)10(16)13-5-7-1-2-14-17-7/h1-4H,5H2,(H,13,16). The van der Waals surface area contributed by atoms with E-state index in [1.165, 1.54) is 18.3 Å². The predicted octanol–water partition coefficient (Wildman–Crippen LogP) is 2.31. The van der Waals surface area contributed by atoms with Gasteiger partial charge in [0.1, 0.15) is 10.3 Å². The van der Waals surface area contributed by atoms with Gasteiger partial charge in [0, 0.05) is 11.6 Å². The van der Waals surface area contributed by atoms with Gasteiger partial charge in [0.25, 0.3) is 5.91 Å². The summed E-state index contributed by atoms with van der Waals surface area (Å²) in [5, 5.41) is 6.50. The molecule has 5 nitrogen and oxygen atoms in total. The molecule has 0 aliphatic heterocycles. The van der Waals surface area contributed by atoms with Crippen LogP contribution in [0.3, 0.4) is 0 Å². The molecule has 17 heavy (non-hydrogen) atoms. The maximum Gasteiger partial charge on any atom is 0.251 e. The van der Waals surface area contributed by atoms with Crippen molar-refractivity contribution in [3.8, 4) is 0 Å². The normalized spacial score (nSPS) is 10.2. The second-order valence-electron chi connectivity index (χ2n) is 3.16. The molecule has 2 aromatic rings. The van der Waals surface area contributed by atoms with Crippen LogP contribution in [0.15, 0.2) is 28.9 Å². The molecule has 1 N–H and O–H groups in total. The zero-order valence-corrected chi connectivity index (χ0v) is 10.00. The van der Waals surface area contributed by atoms with E-state index in [1.54, 1.807) is 6.07 Å². The first-order chi connectivity index (χ1) is 8.15. The third-order valence-corrected chi connectivity index (χ3v) is 2.33. The molecule has 0 fully saturated rings. The summed E-state index contributed by atoms with van der Waals surface area (Å²) in [6.07, 6.45) is 1.50. The number of carbonyl (C=O) groups excluding carboxylic acids is 1. The number of amides is 1. The Labute approximate surface area is 107 Å². The van der Waals surface area contributed by atoms with Crippen molar-refractivity contribution in [3.05, 3.63) is 46.0 Å². The summed E-state index contributed by atoms with van der Waals surface area (Å²) in [6, 6.07) is 4.53. The second-order valence-corrected chi connectivity index (χ2v) is 3.94. The predicted molar refractivity (Wildman–Crippen MR) is 61.9 cm³/mol. The number of aromatic nitrogens is 2. The van der Waals surface area contributed by atoms with Crippen molar-refractivity contribution in [2.45, 2.75) is 6.54 Å². The lowest BCUT2D eigenvalue weighted by molar-refractivity contribution is 0.0947. The van der Waals surface area contributed by atoms with Crippen molar-refractivity contribution in [3.63, 3.8) is 0 Å². The summed E-state index contributed by atoms with van der Waals surface area (Å²) in [6.45, 7) is 0.246. The van der Waals surface area contributed by atoms with Gasteiger partial charge >= 0.3 is 0 Å². The van der Waals surface area contributed by atoms with E-state index >= 15 is 0 Å². The van der Waals surface area contributed by atoms with Crippen LogP contribution in [0, 0.1) is 0 Å². The zero-order valence-electron chi connectivity index (χ0n) is 8.48. The Kier molecular flexibility index (Phi) is 3.61. The van der Waals surface area contributed by atoms with Crippen molar-refractivity contribution in [2.75, 3.05) is 0 Å². The number of hydrogen-bond donors (Lipinski definition) is 1. The lowest BCUT2D eigenvalue weighted by Gasteiger charge is -2.03. The molecule has 0 saturated carbocycles. The first-order valence-corrected chi connectivity index (χ1v) is 5.41. The van der Waals surface area contributed by atoms with Crippen LogP contribution in [-0.4, -0.2) is 16.0 Å². The number of rotatable bonds is 3. The maximum atomic E-state index is 11.7. The molecule has 0 bridgehead atoms. The van der Waals surface area contributed by atoms with Crippen molar-refractivity contribution >= 4 is 29.1 Å². The maximum absolute atomic E-state index is 11.7. The third-order valence-electron chi connectivity index (χ3n) is 1.94. The Morgan fingerprint density at radius 1 is 1.35 bits per heavy atom. The van der Waals surface area contributed by atoms with Crippen LogP contribution in [0.1, 0.15) is 16.1 Å². The average Bonchev–Trinajstić information content (AvgIpc) is 2.77. The van der Waals surface area contributed by atoms with Crippen LogP contribution in [0.4, 0.5) is 0 Å². The first kappa shape index (κ1) is 11.9. The van der Waals surface area contributed by atoms with Crippen molar-refractivity contribution < 1.29 is 9.32 Å². The minimum absolute atomic E-state index is 0.169. The Hall–Kier alpha value is -1.59. The molecular weight excluding hydrogens is 265 g/mol.